The van der Waals surface area contributed by atoms with Crippen molar-refractivity contribution in [1.82, 2.24) is 14.8 Å². The van der Waals surface area contributed by atoms with E-state index in [1.807, 2.05) is 30.0 Å². The van der Waals surface area contributed by atoms with E-state index in [2.05, 4.69) is 21.3 Å². The number of hydrogen-bond acceptors (Lipinski definition) is 5. The summed E-state index contributed by atoms with van der Waals surface area (Å²) in [5.74, 6) is 1.06. The minimum Gasteiger partial charge on any atom is -0.493 e. The Balaban J connectivity index is 1.29. The van der Waals surface area contributed by atoms with Gasteiger partial charge in [0.2, 0.25) is 5.91 Å². The number of carbonyl (C=O) groups is 1. The molecule has 0 unspecified atom stereocenters. The maximum absolute atomic E-state index is 12.5. The molecule has 0 saturated carbocycles. The summed E-state index contributed by atoms with van der Waals surface area (Å²) in [6.07, 6.45) is 4.55. The molecule has 4 rings (SSSR count). The number of amides is 1. The molecular weight excluding hydrogens is 346 g/mol. The second-order valence-electron chi connectivity index (χ2n) is 6.76. The number of nitrogens with zero attached hydrogens (tertiary/aromatic N) is 3. The summed E-state index contributed by atoms with van der Waals surface area (Å²) in [5, 5.41) is 3.23. The maximum atomic E-state index is 12.5. The van der Waals surface area contributed by atoms with Crippen molar-refractivity contribution in [2.75, 3.05) is 32.8 Å². The smallest absolute Gasteiger partial charge is 0.246 e. The van der Waals surface area contributed by atoms with Crippen LogP contribution in [0.4, 0.5) is 0 Å². The number of ether oxygens (including phenoxy) is 1. The number of rotatable bonds is 4. The van der Waals surface area contributed by atoms with Gasteiger partial charge in [0.1, 0.15) is 5.75 Å². The normalized spacial score (nSPS) is 17.5. The van der Waals surface area contributed by atoms with Crippen LogP contribution in [0.5, 0.6) is 5.75 Å². The summed E-state index contributed by atoms with van der Waals surface area (Å²) in [6, 6.07) is 6.10. The molecule has 0 radical (unpaired) electrons. The van der Waals surface area contributed by atoms with Crippen molar-refractivity contribution in [3.05, 3.63) is 51.5 Å². The number of aromatic nitrogens is 1. The molecule has 0 bridgehead atoms. The van der Waals surface area contributed by atoms with Crippen LogP contribution >= 0.6 is 11.3 Å². The molecule has 5 nitrogen and oxygen atoms in total. The average Bonchev–Trinajstić information content (AvgIpc) is 3.28. The lowest BCUT2D eigenvalue weighted by Crippen LogP contribution is -2.47. The van der Waals surface area contributed by atoms with E-state index < -0.39 is 0 Å². The quantitative estimate of drug-likeness (QED) is 0.778. The van der Waals surface area contributed by atoms with Gasteiger partial charge < -0.3 is 9.64 Å². The predicted octanol–water partition coefficient (Wildman–Crippen LogP) is 2.74. The van der Waals surface area contributed by atoms with E-state index in [9.17, 15) is 4.79 Å². The largest absolute Gasteiger partial charge is 0.493 e. The van der Waals surface area contributed by atoms with Crippen molar-refractivity contribution in [3.8, 4) is 5.75 Å². The van der Waals surface area contributed by atoms with Crippen molar-refractivity contribution in [3.63, 3.8) is 0 Å². The Morgan fingerprint density at radius 1 is 1.31 bits per heavy atom. The molecule has 0 aliphatic carbocycles. The summed E-state index contributed by atoms with van der Waals surface area (Å²) in [4.78, 5) is 21.3. The highest BCUT2D eigenvalue weighted by molar-refractivity contribution is 7.09. The standard InChI is InChI=1S/C20H23N3O2S/c1-15-21-18(14-26-15)13-22-7-9-23(10-8-22)20(24)5-3-16-2-4-19-17(12-16)6-11-25-19/h2-5,12,14H,6-11,13H2,1H3. The zero-order valence-electron chi connectivity index (χ0n) is 15.0. The molecule has 1 fully saturated rings. The number of aryl methyl sites for hydroxylation is 1. The fraction of sp³-hybridized carbons (Fsp3) is 0.400. The van der Waals surface area contributed by atoms with Crippen molar-refractivity contribution in [1.29, 1.82) is 0 Å². The Hall–Kier alpha value is -2.18. The summed E-state index contributed by atoms with van der Waals surface area (Å²) >= 11 is 1.69. The Kier molecular flexibility index (Phi) is 5.04. The number of thiazole rings is 1. The molecule has 1 saturated heterocycles. The molecule has 2 aliphatic heterocycles. The summed E-state index contributed by atoms with van der Waals surface area (Å²) in [5.41, 5.74) is 3.42. The summed E-state index contributed by atoms with van der Waals surface area (Å²) < 4.78 is 5.52. The van der Waals surface area contributed by atoms with Crippen LogP contribution in [0.25, 0.3) is 6.08 Å². The van der Waals surface area contributed by atoms with Crippen molar-refractivity contribution >= 4 is 23.3 Å². The Morgan fingerprint density at radius 3 is 2.92 bits per heavy atom. The molecule has 0 spiro atoms. The molecule has 1 amide bonds. The van der Waals surface area contributed by atoms with Crippen LogP contribution in [-0.4, -0.2) is 53.5 Å². The van der Waals surface area contributed by atoms with E-state index in [4.69, 9.17) is 4.74 Å². The number of carbonyl (C=O) groups excluding carboxylic acids is 1. The highest BCUT2D eigenvalue weighted by Crippen LogP contribution is 2.26. The first kappa shape index (κ1) is 17.2. The Labute approximate surface area is 157 Å². The van der Waals surface area contributed by atoms with Gasteiger partial charge in [-0.2, -0.15) is 0 Å². The molecule has 0 atom stereocenters. The molecule has 6 heteroatoms. The maximum Gasteiger partial charge on any atom is 0.246 e. The van der Waals surface area contributed by atoms with Crippen LogP contribution in [0.1, 0.15) is 21.8 Å². The van der Waals surface area contributed by atoms with Crippen LogP contribution in [-0.2, 0) is 17.8 Å². The van der Waals surface area contributed by atoms with Gasteiger partial charge in [-0.3, -0.25) is 9.69 Å². The van der Waals surface area contributed by atoms with Gasteiger partial charge in [-0.15, -0.1) is 11.3 Å². The number of benzene rings is 1. The molecule has 136 valence electrons. The van der Waals surface area contributed by atoms with Crippen LogP contribution in [0.2, 0.25) is 0 Å². The van der Waals surface area contributed by atoms with E-state index in [1.54, 1.807) is 17.4 Å². The van der Waals surface area contributed by atoms with Crippen LogP contribution in [0.15, 0.2) is 29.7 Å². The average molecular weight is 369 g/mol. The van der Waals surface area contributed by atoms with Crippen LogP contribution < -0.4 is 4.74 Å². The third kappa shape index (κ3) is 3.97. The number of hydrogen-bond donors (Lipinski definition) is 0. The summed E-state index contributed by atoms with van der Waals surface area (Å²) in [7, 11) is 0. The van der Waals surface area contributed by atoms with Gasteiger partial charge in [0.15, 0.2) is 0 Å². The number of piperazine rings is 1. The van der Waals surface area contributed by atoms with E-state index >= 15 is 0 Å². The second kappa shape index (κ2) is 7.60. The van der Waals surface area contributed by atoms with E-state index in [0.29, 0.717) is 0 Å². The number of fused-ring (bicyclic) bond motifs is 1. The highest BCUT2D eigenvalue weighted by Gasteiger charge is 2.20. The molecule has 1 aromatic carbocycles. The van der Waals surface area contributed by atoms with Gasteiger partial charge in [0.25, 0.3) is 0 Å². The van der Waals surface area contributed by atoms with Crippen LogP contribution in [0.3, 0.4) is 0 Å². The van der Waals surface area contributed by atoms with Gasteiger partial charge >= 0.3 is 0 Å². The Bertz CT molecular complexity index is 822. The first-order valence-corrected chi connectivity index (χ1v) is 9.91. The molecule has 2 aromatic rings. The molecule has 26 heavy (non-hydrogen) atoms. The van der Waals surface area contributed by atoms with Gasteiger partial charge in [-0.05, 0) is 36.3 Å². The SMILES string of the molecule is Cc1nc(CN2CCN(C(=O)C=Cc3ccc4c(c3)CCO4)CC2)cs1. The predicted molar refractivity (Wildman–Crippen MR) is 103 cm³/mol. The molecule has 0 N–H and O–H groups in total. The van der Waals surface area contributed by atoms with Crippen molar-refractivity contribution < 1.29 is 9.53 Å². The van der Waals surface area contributed by atoms with E-state index in [1.165, 1.54) is 5.56 Å². The van der Waals surface area contributed by atoms with Gasteiger partial charge in [-0.1, -0.05) is 6.07 Å². The van der Waals surface area contributed by atoms with Crippen molar-refractivity contribution in [2.45, 2.75) is 19.9 Å². The molecule has 1 aromatic heterocycles. The topological polar surface area (TPSA) is 45.7 Å². The zero-order valence-corrected chi connectivity index (χ0v) is 15.8. The monoisotopic (exact) mass is 369 g/mol. The minimum atomic E-state index is 0.0888. The summed E-state index contributed by atoms with van der Waals surface area (Å²) in [6.45, 7) is 6.99. The zero-order chi connectivity index (χ0) is 17.9. The molecule has 2 aliphatic rings. The van der Waals surface area contributed by atoms with Crippen molar-refractivity contribution in [2.24, 2.45) is 0 Å². The van der Waals surface area contributed by atoms with Gasteiger partial charge in [0.05, 0.1) is 17.3 Å². The van der Waals surface area contributed by atoms with Crippen LogP contribution in [0, 0.1) is 6.92 Å². The fourth-order valence-corrected chi connectivity index (χ4v) is 4.02. The molecular formula is C20H23N3O2S. The minimum absolute atomic E-state index is 0.0888. The molecule has 3 heterocycles. The second-order valence-corrected chi connectivity index (χ2v) is 7.82. The first-order chi connectivity index (χ1) is 12.7. The van der Waals surface area contributed by atoms with Gasteiger partial charge in [0, 0.05) is 50.6 Å². The lowest BCUT2D eigenvalue weighted by Gasteiger charge is -2.33. The lowest BCUT2D eigenvalue weighted by molar-refractivity contribution is -0.127. The van der Waals surface area contributed by atoms with E-state index in [-0.39, 0.29) is 5.91 Å². The Morgan fingerprint density at radius 2 is 2.15 bits per heavy atom. The van der Waals surface area contributed by atoms with Gasteiger partial charge in [-0.25, -0.2) is 4.98 Å². The third-order valence-corrected chi connectivity index (χ3v) is 5.69. The van der Waals surface area contributed by atoms with E-state index in [0.717, 1.165) is 67.8 Å². The lowest BCUT2D eigenvalue weighted by atomic mass is 10.1. The first-order valence-electron chi connectivity index (χ1n) is 9.03. The fourth-order valence-electron chi connectivity index (χ4n) is 3.42. The third-order valence-electron chi connectivity index (χ3n) is 4.87. The highest BCUT2D eigenvalue weighted by atomic mass is 32.1.